The summed E-state index contributed by atoms with van der Waals surface area (Å²) in [6, 6.07) is 1.96. The minimum Gasteiger partial charge on any atom is -0.459 e. The molecule has 0 amide bonds. The predicted molar refractivity (Wildman–Crippen MR) is 76.9 cm³/mol. The summed E-state index contributed by atoms with van der Waals surface area (Å²) in [5.74, 6) is -0.167. The van der Waals surface area contributed by atoms with Crippen LogP contribution in [0.4, 0.5) is 0 Å². The minimum absolute atomic E-state index is 0.167. The molecule has 0 aromatic carbocycles. The van der Waals surface area contributed by atoms with Crippen molar-refractivity contribution in [3.05, 3.63) is 30.1 Å². The first-order valence-corrected chi connectivity index (χ1v) is 6.84. The molecule has 1 aromatic rings. The lowest BCUT2D eigenvalue weighted by Crippen LogP contribution is -2.37. The van der Waals surface area contributed by atoms with Crippen LogP contribution in [0.2, 0.25) is 0 Å². The number of aromatic nitrogens is 2. The van der Waals surface area contributed by atoms with Gasteiger partial charge in [0.1, 0.15) is 5.60 Å². The van der Waals surface area contributed by atoms with E-state index < -0.39 is 5.60 Å². The number of rotatable bonds is 3. The molecule has 0 spiro atoms. The van der Waals surface area contributed by atoms with Crippen molar-refractivity contribution >= 4 is 11.5 Å². The molecular weight excluding hydrogens is 254 g/mol. The van der Waals surface area contributed by atoms with Crippen molar-refractivity contribution in [1.29, 1.82) is 0 Å². The lowest BCUT2D eigenvalue weighted by Gasteiger charge is -2.27. The fourth-order valence-corrected chi connectivity index (χ4v) is 2.15. The second-order valence-corrected chi connectivity index (χ2v) is 5.93. The Morgan fingerprint density at radius 3 is 2.75 bits per heavy atom. The Balaban J connectivity index is 1.88. The van der Waals surface area contributed by atoms with Gasteiger partial charge in [0.2, 0.25) is 0 Å². The van der Waals surface area contributed by atoms with Crippen molar-refractivity contribution in [3.8, 4) is 0 Å². The third-order valence-electron chi connectivity index (χ3n) is 3.02. The van der Waals surface area contributed by atoms with Crippen LogP contribution in [0.3, 0.4) is 0 Å². The van der Waals surface area contributed by atoms with Crippen molar-refractivity contribution in [2.75, 3.05) is 19.6 Å². The summed E-state index contributed by atoms with van der Waals surface area (Å²) >= 11 is 0. The molecule has 0 radical (unpaired) electrons. The van der Waals surface area contributed by atoms with Gasteiger partial charge >= 0.3 is 5.97 Å². The number of nitrogens with zero attached hydrogens (tertiary/aromatic N) is 3. The minimum atomic E-state index is -0.420. The molecule has 1 aliphatic heterocycles. The van der Waals surface area contributed by atoms with Gasteiger partial charge in [-0.3, -0.25) is 9.69 Å². The first-order chi connectivity index (χ1) is 9.44. The van der Waals surface area contributed by atoms with Gasteiger partial charge in [0.25, 0.3) is 0 Å². The molecule has 0 unspecified atom stereocenters. The van der Waals surface area contributed by atoms with E-state index in [1.165, 1.54) is 5.57 Å². The molecule has 1 aromatic heterocycles. The Kier molecular flexibility index (Phi) is 4.49. The highest BCUT2D eigenvalue weighted by Crippen LogP contribution is 2.21. The Morgan fingerprint density at radius 1 is 1.40 bits per heavy atom. The number of hydrogen-bond donors (Lipinski definition) is 0. The van der Waals surface area contributed by atoms with Gasteiger partial charge in [-0.05, 0) is 44.4 Å². The zero-order chi connectivity index (χ0) is 14.6. The lowest BCUT2D eigenvalue weighted by atomic mass is 10.0. The Morgan fingerprint density at radius 2 is 2.20 bits per heavy atom. The Labute approximate surface area is 119 Å². The summed E-state index contributed by atoms with van der Waals surface area (Å²) in [6.07, 6.45) is 6.53. The fraction of sp³-hybridized carbons (Fsp3) is 0.533. The van der Waals surface area contributed by atoms with Crippen LogP contribution >= 0.6 is 0 Å². The van der Waals surface area contributed by atoms with Crippen LogP contribution < -0.4 is 0 Å². The smallest absolute Gasteiger partial charge is 0.320 e. The summed E-state index contributed by atoms with van der Waals surface area (Å²) in [5, 5.41) is 7.67. The highest BCUT2D eigenvalue weighted by molar-refractivity contribution is 5.72. The molecule has 0 saturated carbocycles. The molecule has 0 N–H and O–H groups in total. The summed E-state index contributed by atoms with van der Waals surface area (Å²) in [4.78, 5) is 13.9. The number of esters is 1. The van der Waals surface area contributed by atoms with E-state index in [-0.39, 0.29) is 5.97 Å². The SMILES string of the molecule is CC(C)(C)OC(=O)CN1CC=C(c2ccnnc2)CC1. The van der Waals surface area contributed by atoms with Gasteiger partial charge in [0.15, 0.2) is 0 Å². The maximum absolute atomic E-state index is 11.8. The molecule has 20 heavy (non-hydrogen) atoms. The highest BCUT2D eigenvalue weighted by atomic mass is 16.6. The van der Waals surface area contributed by atoms with Gasteiger partial charge < -0.3 is 4.74 Å². The van der Waals surface area contributed by atoms with E-state index in [0.717, 1.165) is 25.1 Å². The molecule has 0 bridgehead atoms. The molecule has 2 rings (SSSR count). The van der Waals surface area contributed by atoms with Gasteiger partial charge in [0.05, 0.1) is 18.9 Å². The summed E-state index contributed by atoms with van der Waals surface area (Å²) in [6.45, 7) is 7.61. The van der Waals surface area contributed by atoms with E-state index in [1.54, 1.807) is 12.4 Å². The van der Waals surface area contributed by atoms with E-state index in [9.17, 15) is 4.79 Å². The average Bonchev–Trinajstić information content (AvgIpc) is 2.38. The summed E-state index contributed by atoms with van der Waals surface area (Å²) in [5.41, 5.74) is 1.95. The zero-order valence-corrected chi connectivity index (χ0v) is 12.3. The molecule has 5 heteroatoms. The van der Waals surface area contributed by atoms with Gasteiger partial charge in [0, 0.05) is 13.1 Å². The maximum Gasteiger partial charge on any atom is 0.320 e. The molecule has 108 valence electrons. The zero-order valence-electron chi connectivity index (χ0n) is 12.3. The number of ether oxygens (including phenoxy) is 1. The third-order valence-corrected chi connectivity index (χ3v) is 3.02. The fourth-order valence-electron chi connectivity index (χ4n) is 2.15. The number of hydrogen-bond acceptors (Lipinski definition) is 5. The molecule has 5 nitrogen and oxygen atoms in total. The normalized spacial score (nSPS) is 16.6. The van der Waals surface area contributed by atoms with Crippen LogP contribution in [0.15, 0.2) is 24.5 Å². The third kappa shape index (κ3) is 4.42. The van der Waals surface area contributed by atoms with Crippen LogP contribution in [0.1, 0.15) is 32.8 Å². The topological polar surface area (TPSA) is 55.3 Å². The molecule has 0 saturated heterocycles. The summed E-state index contributed by atoms with van der Waals surface area (Å²) in [7, 11) is 0. The first kappa shape index (κ1) is 14.7. The molecule has 1 aliphatic rings. The summed E-state index contributed by atoms with van der Waals surface area (Å²) < 4.78 is 5.33. The molecule has 0 atom stereocenters. The first-order valence-electron chi connectivity index (χ1n) is 6.84. The van der Waals surface area contributed by atoms with Crippen molar-refractivity contribution in [1.82, 2.24) is 15.1 Å². The highest BCUT2D eigenvalue weighted by Gasteiger charge is 2.20. The van der Waals surface area contributed by atoms with Crippen molar-refractivity contribution in [2.24, 2.45) is 0 Å². The van der Waals surface area contributed by atoms with E-state index >= 15 is 0 Å². The van der Waals surface area contributed by atoms with E-state index in [4.69, 9.17) is 4.74 Å². The standard InChI is InChI=1S/C15H21N3O2/c1-15(2,3)20-14(19)11-18-8-5-12(6-9-18)13-4-7-16-17-10-13/h4-5,7,10H,6,8-9,11H2,1-3H3. The second-order valence-electron chi connectivity index (χ2n) is 5.93. The largest absolute Gasteiger partial charge is 0.459 e. The number of carbonyl (C=O) groups is 1. The Bertz CT molecular complexity index is 492. The van der Waals surface area contributed by atoms with Crippen molar-refractivity contribution in [3.63, 3.8) is 0 Å². The van der Waals surface area contributed by atoms with Crippen LogP contribution in [0.25, 0.3) is 5.57 Å². The van der Waals surface area contributed by atoms with Gasteiger partial charge in [-0.25, -0.2) is 0 Å². The van der Waals surface area contributed by atoms with E-state index in [0.29, 0.717) is 6.54 Å². The van der Waals surface area contributed by atoms with Gasteiger partial charge in [-0.1, -0.05) is 6.08 Å². The van der Waals surface area contributed by atoms with Crippen molar-refractivity contribution in [2.45, 2.75) is 32.8 Å². The Hall–Kier alpha value is -1.75. The maximum atomic E-state index is 11.8. The van der Waals surface area contributed by atoms with Crippen LogP contribution in [0, 0.1) is 0 Å². The average molecular weight is 275 g/mol. The van der Waals surface area contributed by atoms with Gasteiger partial charge in [-0.15, -0.1) is 0 Å². The monoisotopic (exact) mass is 275 g/mol. The van der Waals surface area contributed by atoms with Crippen LogP contribution in [0.5, 0.6) is 0 Å². The molecular formula is C15H21N3O2. The van der Waals surface area contributed by atoms with Crippen LogP contribution in [-0.2, 0) is 9.53 Å². The van der Waals surface area contributed by atoms with Crippen LogP contribution in [-0.4, -0.2) is 46.3 Å². The predicted octanol–water partition coefficient (Wildman–Crippen LogP) is 1.91. The molecule has 0 fully saturated rings. The number of carbonyl (C=O) groups excluding carboxylic acids is 1. The van der Waals surface area contributed by atoms with E-state index in [2.05, 4.69) is 21.2 Å². The van der Waals surface area contributed by atoms with Crippen molar-refractivity contribution < 1.29 is 9.53 Å². The molecule has 2 heterocycles. The lowest BCUT2D eigenvalue weighted by molar-refractivity contribution is -0.156. The van der Waals surface area contributed by atoms with E-state index in [1.807, 2.05) is 26.8 Å². The van der Waals surface area contributed by atoms with Gasteiger partial charge in [-0.2, -0.15) is 10.2 Å². The molecule has 0 aliphatic carbocycles. The second kappa shape index (κ2) is 6.13. The quantitative estimate of drug-likeness (QED) is 0.789.